The number of aromatic nitrogens is 2. The van der Waals surface area contributed by atoms with Crippen LogP contribution in [0, 0.1) is 6.92 Å². The summed E-state index contributed by atoms with van der Waals surface area (Å²) in [4.78, 5) is -0.0565. The first-order chi connectivity index (χ1) is 14.0. The van der Waals surface area contributed by atoms with Gasteiger partial charge in [0.2, 0.25) is 10.0 Å². The SMILES string of the molecule is Cc1ccc(-c2nn3cc(C(F)(F)F)ccc3c2-c2ccc(S(N)(=O)=O)cc2)cc1. The summed E-state index contributed by atoms with van der Waals surface area (Å²) in [6, 6.07) is 15.6. The summed E-state index contributed by atoms with van der Waals surface area (Å²) in [7, 11) is -3.87. The molecule has 2 aromatic carbocycles. The van der Waals surface area contributed by atoms with Gasteiger partial charge < -0.3 is 0 Å². The lowest BCUT2D eigenvalue weighted by molar-refractivity contribution is -0.137. The number of nitrogens with zero attached hydrogens (tertiary/aromatic N) is 2. The minimum Gasteiger partial charge on any atom is -0.239 e. The fourth-order valence-electron chi connectivity index (χ4n) is 3.23. The van der Waals surface area contributed by atoms with Gasteiger partial charge in [-0.25, -0.2) is 18.1 Å². The molecule has 2 aromatic heterocycles. The fourth-order valence-corrected chi connectivity index (χ4v) is 3.74. The average molecular weight is 431 g/mol. The molecule has 0 fully saturated rings. The Balaban J connectivity index is 1.98. The Morgan fingerprint density at radius 3 is 2.07 bits per heavy atom. The summed E-state index contributed by atoms with van der Waals surface area (Å²) >= 11 is 0. The van der Waals surface area contributed by atoms with Crippen molar-refractivity contribution in [2.45, 2.75) is 18.0 Å². The molecule has 0 aliphatic heterocycles. The van der Waals surface area contributed by atoms with E-state index >= 15 is 0 Å². The van der Waals surface area contributed by atoms with E-state index in [2.05, 4.69) is 5.10 Å². The van der Waals surface area contributed by atoms with Gasteiger partial charge in [-0.05, 0) is 36.8 Å². The van der Waals surface area contributed by atoms with Crippen LogP contribution in [0.15, 0.2) is 71.8 Å². The molecule has 4 aromatic rings. The molecule has 0 bridgehead atoms. The number of sulfonamides is 1. The standard InChI is InChI=1S/C21H16F3N3O2S/c1-13-2-4-15(5-3-13)20-19(14-6-9-17(10-7-14)30(25,28)29)18-11-8-16(21(22,23)24)12-27(18)26-20/h2-12H,1H3,(H2,25,28,29). The second kappa shape index (κ2) is 6.96. The molecule has 9 heteroatoms. The number of primary sulfonamides is 1. The van der Waals surface area contributed by atoms with E-state index < -0.39 is 21.8 Å². The highest BCUT2D eigenvalue weighted by Crippen LogP contribution is 2.37. The van der Waals surface area contributed by atoms with Crippen LogP contribution >= 0.6 is 0 Å². The van der Waals surface area contributed by atoms with Gasteiger partial charge in [0.05, 0.1) is 16.0 Å². The summed E-state index contributed by atoms with van der Waals surface area (Å²) in [5, 5.41) is 9.57. The van der Waals surface area contributed by atoms with Gasteiger partial charge in [-0.15, -0.1) is 0 Å². The lowest BCUT2D eigenvalue weighted by Crippen LogP contribution is -2.11. The lowest BCUT2D eigenvalue weighted by atomic mass is 9.99. The molecule has 2 heterocycles. The number of hydrogen-bond donors (Lipinski definition) is 1. The molecule has 0 unspecified atom stereocenters. The summed E-state index contributed by atoms with van der Waals surface area (Å²) in [5.74, 6) is 0. The van der Waals surface area contributed by atoms with Crippen LogP contribution in [0.4, 0.5) is 13.2 Å². The zero-order valence-corrected chi connectivity index (χ0v) is 16.5. The molecule has 30 heavy (non-hydrogen) atoms. The number of hydrogen-bond acceptors (Lipinski definition) is 3. The van der Waals surface area contributed by atoms with Crippen molar-refractivity contribution in [3.8, 4) is 22.4 Å². The Morgan fingerprint density at radius 2 is 1.50 bits per heavy atom. The van der Waals surface area contributed by atoms with Crippen LogP contribution in [0.1, 0.15) is 11.1 Å². The van der Waals surface area contributed by atoms with Gasteiger partial charge in [0.25, 0.3) is 0 Å². The third kappa shape index (κ3) is 3.69. The number of pyridine rings is 1. The van der Waals surface area contributed by atoms with E-state index in [0.717, 1.165) is 23.4 Å². The fraction of sp³-hybridized carbons (Fsp3) is 0.0952. The van der Waals surface area contributed by atoms with E-state index in [1.807, 2.05) is 31.2 Å². The average Bonchev–Trinajstić information content (AvgIpc) is 3.06. The highest BCUT2D eigenvalue weighted by Gasteiger charge is 2.31. The first-order valence-corrected chi connectivity index (χ1v) is 10.4. The number of fused-ring (bicyclic) bond motifs is 1. The van der Waals surface area contributed by atoms with Gasteiger partial charge in [0.1, 0.15) is 5.69 Å². The van der Waals surface area contributed by atoms with Crippen LogP contribution in [0.3, 0.4) is 0 Å². The Bertz CT molecular complexity index is 1340. The molecule has 0 saturated carbocycles. The summed E-state index contributed by atoms with van der Waals surface area (Å²) in [6.07, 6.45) is -3.56. The zero-order chi connectivity index (χ0) is 21.7. The number of benzene rings is 2. The second-order valence-corrected chi connectivity index (χ2v) is 8.47. The van der Waals surface area contributed by atoms with Crippen LogP contribution in [-0.2, 0) is 16.2 Å². The molecular formula is C21H16F3N3O2S. The molecule has 0 radical (unpaired) electrons. The monoisotopic (exact) mass is 431 g/mol. The van der Waals surface area contributed by atoms with Crippen LogP contribution in [0.2, 0.25) is 0 Å². The normalized spacial score (nSPS) is 12.4. The number of halogens is 3. The second-order valence-electron chi connectivity index (χ2n) is 6.90. The summed E-state index contributed by atoms with van der Waals surface area (Å²) < 4.78 is 63.8. The van der Waals surface area contributed by atoms with E-state index in [9.17, 15) is 21.6 Å². The molecule has 0 aliphatic carbocycles. The third-order valence-electron chi connectivity index (χ3n) is 4.75. The number of alkyl halides is 3. The molecular weight excluding hydrogens is 415 g/mol. The van der Waals surface area contributed by atoms with Crippen LogP contribution in [0.5, 0.6) is 0 Å². The molecule has 0 saturated heterocycles. The Kier molecular flexibility index (Phi) is 4.67. The van der Waals surface area contributed by atoms with E-state index in [1.165, 1.54) is 22.7 Å². The first-order valence-electron chi connectivity index (χ1n) is 8.84. The van der Waals surface area contributed by atoms with Crippen molar-refractivity contribution < 1.29 is 21.6 Å². The minimum absolute atomic E-state index is 0.0565. The van der Waals surface area contributed by atoms with Crippen molar-refractivity contribution in [1.82, 2.24) is 9.61 Å². The Hall–Kier alpha value is -3.17. The number of aryl methyl sites for hydroxylation is 1. The van der Waals surface area contributed by atoms with Crippen molar-refractivity contribution in [1.29, 1.82) is 0 Å². The van der Waals surface area contributed by atoms with Gasteiger partial charge in [-0.2, -0.15) is 18.3 Å². The van der Waals surface area contributed by atoms with Gasteiger partial charge >= 0.3 is 6.18 Å². The maximum atomic E-state index is 13.2. The van der Waals surface area contributed by atoms with E-state index in [1.54, 1.807) is 12.1 Å². The van der Waals surface area contributed by atoms with E-state index in [0.29, 0.717) is 22.3 Å². The molecule has 0 atom stereocenters. The molecule has 154 valence electrons. The van der Waals surface area contributed by atoms with Crippen molar-refractivity contribution in [3.63, 3.8) is 0 Å². The summed E-state index contributed by atoms with van der Waals surface area (Å²) in [6.45, 7) is 1.93. The van der Waals surface area contributed by atoms with Crippen LogP contribution in [0.25, 0.3) is 27.9 Å². The lowest BCUT2D eigenvalue weighted by Gasteiger charge is -2.07. The molecule has 0 aliphatic rings. The predicted molar refractivity (Wildman–Crippen MR) is 107 cm³/mol. The molecule has 5 nitrogen and oxygen atoms in total. The predicted octanol–water partition coefficient (Wildman–Crippen LogP) is 4.64. The van der Waals surface area contributed by atoms with Crippen molar-refractivity contribution in [2.24, 2.45) is 5.14 Å². The minimum atomic E-state index is -4.50. The first kappa shape index (κ1) is 20.1. The molecule has 2 N–H and O–H groups in total. The quantitative estimate of drug-likeness (QED) is 0.513. The summed E-state index contributed by atoms with van der Waals surface area (Å²) in [5.41, 5.74) is 3.08. The highest BCUT2D eigenvalue weighted by molar-refractivity contribution is 7.89. The maximum Gasteiger partial charge on any atom is 0.417 e. The van der Waals surface area contributed by atoms with Gasteiger partial charge in [0.15, 0.2) is 0 Å². The maximum absolute atomic E-state index is 13.2. The van der Waals surface area contributed by atoms with Crippen LogP contribution < -0.4 is 5.14 Å². The van der Waals surface area contributed by atoms with Crippen molar-refractivity contribution >= 4 is 15.5 Å². The van der Waals surface area contributed by atoms with E-state index in [-0.39, 0.29) is 4.90 Å². The van der Waals surface area contributed by atoms with Gasteiger partial charge in [-0.1, -0.05) is 42.0 Å². The van der Waals surface area contributed by atoms with Crippen molar-refractivity contribution in [2.75, 3.05) is 0 Å². The molecule has 0 spiro atoms. The Morgan fingerprint density at radius 1 is 0.900 bits per heavy atom. The number of rotatable bonds is 3. The van der Waals surface area contributed by atoms with Crippen molar-refractivity contribution in [3.05, 3.63) is 78.0 Å². The highest BCUT2D eigenvalue weighted by atomic mass is 32.2. The topological polar surface area (TPSA) is 77.5 Å². The third-order valence-corrected chi connectivity index (χ3v) is 5.68. The van der Waals surface area contributed by atoms with Gasteiger partial charge in [0, 0.05) is 17.3 Å². The smallest absolute Gasteiger partial charge is 0.239 e. The Labute approximate surface area is 170 Å². The van der Waals surface area contributed by atoms with Crippen LogP contribution in [-0.4, -0.2) is 18.0 Å². The largest absolute Gasteiger partial charge is 0.417 e. The number of nitrogens with two attached hydrogens (primary N) is 1. The zero-order valence-electron chi connectivity index (χ0n) is 15.7. The molecule has 4 rings (SSSR count). The van der Waals surface area contributed by atoms with E-state index in [4.69, 9.17) is 5.14 Å². The van der Waals surface area contributed by atoms with Gasteiger partial charge in [-0.3, -0.25) is 0 Å². The molecule has 0 amide bonds.